The Morgan fingerprint density at radius 2 is 2.00 bits per heavy atom. The molecule has 1 atom stereocenters. The molecular formula is C19H29N3O4. The molecule has 0 spiro atoms. The van der Waals surface area contributed by atoms with E-state index in [2.05, 4.69) is 18.7 Å². The van der Waals surface area contributed by atoms with Crippen LogP contribution in [-0.2, 0) is 9.53 Å². The summed E-state index contributed by atoms with van der Waals surface area (Å²) in [6, 6.07) is 5.53. The van der Waals surface area contributed by atoms with Crippen LogP contribution in [0.1, 0.15) is 51.5 Å². The highest BCUT2D eigenvalue weighted by molar-refractivity contribution is 5.75. The second-order valence-corrected chi connectivity index (χ2v) is 7.47. The minimum Gasteiger partial charge on any atom is -0.381 e. The highest BCUT2D eigenvalue weighted by atomic mass is 16.6. The van der Waals surface area contributed by atoms with Gasteiger partial charge in [-0.25, -0.2) is 0 Å². The van der Waals surface area contributed by atoms with Crippen molar-refractivity contribution in [2.45, 2.75) is 52.0 Å². The average molecular weight is 363 g/mol. The lowest BCUT2D eigenvalue weighted by molar-refractivity contribution is -0.384. The van der Waals surface area contributed by atoms with E-state index in [1.165, 1.54) is 0 Å². The molecule has 1 amide bonds. The Bertz CT molecular complexity index is 642. The summed E-state index contributed by atoms with van der Waals surface area (Å²) >= 11 is 0. The van der Waals surface area contributed by atoms with Gasteiger partial charge in [-0.1, -0.05) is 26.8 Å². The number of carbonyl (C=O) groups is 1. The Hall–Kier alpha value is -2.15. The van der Waals surface area contributed by atoms with Gasteiger partial charge in [-0.2, -0.15) is 0 Å². The van der Waals surface area contributed by atoms with Crippen molar-refractivity contribution >= 4 is 17.3 Å². The lowest BCUT2D eigenvalue weighted by Crippen LogP contribution is -2.42. The Labute approximate surface area is 154 Å². The van der Waals surface area contributed by atoms with Crippen LogP contribution < -0.4 is 10.6 Å². The Morgan fingerprint density at radius 1 is 1.35 bits per heavy atom. The zero-order valence-electron chi connectivity index (χ0n) is 15.8. The first kappa shape index (κ1) is 20.2. The SMILES string of the molecule is CC(C)CN(c1ccc([C@H](C)CC(N)=O)cc1[N+](=O)[O-])C1CCOCC1. The highest BCUT2D eigenvalue weighted by Crippen LogP contribution is 2.35. The molecular weight excluding hydrogens is 334 g/mol. The van der Waals surface area contributed by atoms with Gasteiger partial charge in [0.2, 0.25) is 5.91 Å². The first-order valence-corrected chi connectivity index (χ1v) is 9.20. The maximum atomic E-state index is 11.8. The van der Waals surface area contributed by atoms with E-state index in [4.69, 9.17) is 10.5 Å². The first-order valence-electron chi connectivity index (χ1n) is 9.20. The largest absolute Gasteiger partial charge is 0.381 e. The maximum Gasteiger partial charge on any atom is 0.292 e. The quantitative estimate of drug-likeness (QED) is 0.565. The second-order valence-electron chi connectivity index (χ2n) is 7.47. The third-order valence-electron chi connectivity index (χ3n) is 4.78. The lowest BCUT2D eigenvalue weighted by Gasteiger charge is -2.37. The molecule has 1 heterocycles. The topological polar surface area (TPSA) is 98.7 Å². The average Bonchev–Trinajstić information content (AvgIpc) is 2.59. The third-order valence-corrected chi connectivity index (χ3v) is 4.78. The number of nitro benzene ring substituents is 1. The molecule has 1 aliphatic heterocycles. The molecule has 0 unspecified atom stereocenters. The Morgan fingerprint density at radius 3 is 2.54 bits per heavy atom. The number of ether oxygens (including phenoxy) is 1. The fourth-order valence-electron chi connectivity index (χ4n) is 3.49. The molecule has 1 aromatic carbocycles. The summed E-state index contributed by atoms with van der Waals surface area (Å²) in [5.74, 6) is -0.180. The molecule has 0 bridgehead atoms. The van der Waals surface area contributed by atoms with Gasteiger partial charge in [0.25, 0.3) is 5.69 Å². The van der Waals surface area contributed by atoms with Crippen LogP contribution in [0.25, 0.3) is 0 Å². The molecule has 0 aromatic heterocycles. The number of anilines is 1. The van der Waals surface area contributed by atoms with E-state index < -0.39 is 5.91 Å². The lowest BCUT2D eigenvalue weighted by atomic mass is 9.95. The van der Waals surface area contributed by atoms with Crippen molar-refractivity contribution in [3.8, 4) is 0 Å². The van der Waals surface area contributed by atoms with E-state index in [9.17, 15) is 14.9 Å². The monoisotopic (exact) mass is 363 g/mol. The summed E-state index contributed by atoms with van der Waals surface area (Å²) in [4.78, 5) is 24.8. The van der Waals surface area contributed by atoms with Crippen LogP contribution in [0.4, 0.5) is 11.4 Å². The Balaban J connectivity index is 2.39. The number of nitrogens with zero attached hydrogens (tertiary/aromatic N) is 2. The van der Waals surface area contributed by atoms with Crippen LogP contribution in [0.3, 0.4) is 0 Å². The van der Waals surface area contributed by atoms with Crippen LogP contribution in [0.15, 0.2) is 18.2 Å². The second kappa shape index (κ2) is 8.98. The zero-order valence-corrected chi connectivity index (χ0v) is 15.8. The van der Waals surface area contributed by atoms with Crippen molar-refractivity contribution in [2.75, 3.05) is 24.7 Å². The fraction of sp³-hybridized carbons (Fsp3) is 0.632. The van der Waals surface area contributed by atoms with Crippen LogP contribution in [0.2, 0.25) is 0 Å². The predicted molar refractivity (Wildman–Crippen MR) is 101 cm³/mol. The maximum absolute atomic E-state index is 11.8. The number of nitrogens with two attached hydrogens (primary N) is 1. The number of hydrogen-bond acceptors (Lipinski definition) is 5. The molecule has 7 heteroatoms. The summed E-state index contributed by atoms with van der Waals surface area (Å²) in [5, 5.41) is 11.8. The number of amides is 1. The summed E-state index contributed by atoms with van der Waals surface area (Å²) in [6.07, 6.45) is 1.90. The van der Waals surface area contributed by atoms with E-state index in [1.807, 2.05) is 19.1 Å². The molecule has 26 heavy (non-hydrogen) atoms. The van der Waals surface area contributed by atoms with E-state index in [0.717, 1.165) is 24.9 Å². The molecule has 1 fully saturated rings. The standard InChI is InChI=1S/C19H29N3O4/c1-13(2)12-21(16-6-8-26-9-7-16)17-5-4-15(11-18(17)22(24)25)14(3)10-19(20)23/h4-5,11,13-14,16H,6-10,12H2,1-3H3,(H2,20,23)/t14-/m1/s1. The molecule has 2 N–H and O–H groups in total. The third kappa shape index (κ3) is 5.17. The number of nitro groups is 1. The van der Waals surface area contributed by atoms with Crippen molar-refractivity contribution in [1.82, 2.24) is 0 Å². The van der Waals surface area contributed by atoms with Crippen LogP contribution in [0, 0.1) is 16.0 Å². The van der Waals surface area contributed by atoms with Gasteiger partial charge < -0.3 is 15.4 Å². The number of primary amides is 1. The summed E-state index contributed by atoms with van der Waals surface area (Å²) in [6.45, 7) is 8.19. The van der Waals surface area contributed by atoms with E-state index in [-0.39, 0.29) is 29.0 Å². The normalized spacial score (nSPS) is 16.5. The molecule has 1 aliphatic rings. The molecule has 0 radical (unpaired) electrons. The van der Waals surface area contributed by atoms with Crippen LogP contribution >= 0.6 is 0 Å². The number of benzene rings is 1. The summed E-state index contributed by atoms with van der Waals surface area (Å²) in [7, 11) is 0. The van der Waals surface area contributed by atoms with Crippen molar-refractivity contribution in [2.24, 2.45) is 11.7 Å². The van der Waals surface area contributed by atoms with Gasteiger partial charge in [0, 0.05) is 38.3 Å². The van der Waals surface area contributed by atoms with Gasteiger partial charge >= 0.3 is 0 Å². The number of carbonyl (C=O) groups excluding carboxylic acids is 1. The van der Waals surface area contributed by atoms with Crippen molar-refractivity contribution in [3.63, 3.8) is 0 Å². The van der Waals surface area contributed by atoms with Crippen molar-refractivity contribution in [3.05, 3.63) is 33.9 Å². The molecule has 2 rings (SSSR count). The van der Waals surface area contributed by atoms with Crippen LogP contribution in [0.5, 0.6) is 0 Å². The minimum absolute atomic E-state index is 0.0889. The minimum atomic E-state index is -0.409. The summed E-state index contributed by atoms with van der Waals surface area (Å²) in [5.41, 5.74) is 6.76. The van der Waals surface area contributed by atoms with E-state index in [0.29, 0.717) is 24.8 Å². The highest BCUT2D eigenvalue weighted by Gasteiger charge is 2.28. The smallest absolute Gasteiger partial charge is 0.292 e. The van der Waals surface area contributed by atoms with E-state index in [1.54, 1.807) is 6.07 Å². The molecule has 1 saturated heterocycles. The molecule has 0 saturated carbocycles. The first-order chi connectivity index (χ1) is 12.3. The Kier molecular flexibility index (Phi) is 6.97. The van der Waals surface area contributed by atoms with Crippen LogP contribution in [-0.4, -0.2) is 36.6 Å². The van der Waals surface area contributed by atoms with Crippen molar-refractivity contribution < 1.29 is 14.5 Å². The summed E-state index contributed by atoms with van der Waals surface area (Å²) < 4.78 is 5.45. The fourth-order valence-corrected chi connectivity index (χ4v) is 3.49. The number of hydrogen-bond donors (Lipinski definition) is 1. The van der Waals surface area contributed by atoms with Gasteiger partial charge in [-0.3, -0.25) is 14.9 Å². The predicted octanol–water partition coefficient (Wildman–Crippen LogP) is 3.22. The molecule has 144 valence electrons. The van der Waals surface area contributed by atoms with Gasteiger partial charge in [0.1, 0.15) is 5.69 Å². The van der Waals surface area contributed by atoms with Gasteiger partial charge in [0.05, 0.1) is 4.92 Å². The molecule has 1 aromatic rings. The van der Waals surface area contributed by atoms with Gasteiger partial charge in [-0.05, 0) is 36.3 Å². The van der Waals surface area contributed by atoms with E-state index >= 15 is 0 Å². The zero-order chi connectivity index (χ0) is 19.3. The number of rotatable bonds is 8. The van der Waals surface area contributed by atoms with Gasteiger partial charge in [-0.15, -0.1) is 0 Å². The van der Waals surface area contributed by atoms with Gasteiger partial charge in [0.15, 0.2) is 0 Å². The van der Waals surface area contributed by atoms with Crippen molar-refractivity contribution in [1.29, 1.82) is 0 Å². The molecule has 0 aliphatic carbocycles. The molecule has 7 nitrogen and oxygen atoms in total.